The highest BCUT2D eigenvalue weighted by atomic mass is 32.2. The van der Waals surface area contributed by atoms with Crippen LogP contribution in [-0.4, -0.2) is 37.9 Å². The van der Waals surface area contributed by atoms with Gasteiger partial charge in [0.25, 0.3) is 5.69 Å². The van der Waals surface area contributed by atoms with Crippen molar-refractivity contribution in [3.05, 3.63) is 70.3 Å². The molecule has 0 radical (unpaired) electrons. The molecule has 2 aromatic carbocycles. The van der Waals surface area contributed by atoms with Gasteiger partial charge in [-0.2, -0.15) is 0 Å². The topological polar surface area (TPSA) is 92.5 Å². The minimum absolute atomic E-state index is 0.280. The summed E-state index contributed by atoms with van der Waals surface area (Å²) in [6.07, 6.45) is 2.79. The molecular formula is C20H25N3O4S. The largest absolute Gasteiger partial charge is 0.299 e. The fraction of sp³-hybridized carbons (Fsp3) is 0.400. The molecule has 0 spiro atoms. The number of likely N-dealkylation sites (tertiary alicyclic amines) is 1. The van der Waals surface area contributed by atoms with Crippen molar-refractivity contribution in [3.63, 3.8) is 0 Å². The zero-order chi connectivity index (χ0) is 20.0. The number of nitrogens with zero attached hydrogens (tertiary/aromatic N) is 2. The van der Waals surface area contributed by atoms with Crippen LogP contribution in [0.1, 0.15) is 24.8 Å². The number of piperidine rings is 1. The summed E-state index contributed by atoms with van der Waals surface area (Å²) in [5.41, 5.74) is 0.905. The maximum absolute atomic E-state index is 12.4. The molecule has 1 saturated heterocycles. The van der Waals surface area contributed by atoms with Crippen LogP contribution in [-0.2, 0) is 16.6 Å². The number of rotatable bonds is 8. The van der Waals surface area contributed by atoms with Crippen molar-refractivity contribution in [2.75, 3.05) is 19.6 Å². The molecule has 8 heteroatoms. The predicted octanol–water partition coefficient (Wildman–Crippen LogP) is 3.18. The summed E-state index contributed by atoms with van der Waals surface area (Å²) in [5.74, 6) is 0.459. The molecule has 1 aliphatic heterocycles. The Balaban J connectivity index is 1.46. The summed E-state index contributed by atoms with van der Waals surface area (Å²) < 4.78 is 27.4. The average Bonchev–Trinajstić information content (AvgIpc) is 2.70. The van der Waals surface area contributed by atoms with Gasteiger partial charge in [0.05, 0.1) is 4.92 Å². The van der Waals surface area contributed by atoms with E-state index in [0.29, 0.717) is 5.92 Å². The van der Waals surface area contributed by atoms with E-state index in [1.54, 1.807) is 0 Å². The molecule has 0 saturated carbocycles. The van der Waals surface area contributed by atoms with Crippen LogP contribution in [0, 0.1) is 16.0 Å². The molecule has 2 aromatic rings. The van der Waals surface area contributed by atoms with Crippen LogP contribution >= 0.6 is 0 Å². The minimum atomic E-state index is -3.89. The Morgan fingerprint density at radius 2 is 1.68 bits per heavy atom. The fourth-order valence-electron chi connectivity index (χ4n) is 3.59. The second-order valence-corrected chi connectivity index (χ2v) is 8.85. The van der Waals surface area contributed by atoms with E-state index in [1.165, 1.54) is 29.8 Å². The van der Waals surface area contributed by atoms with Crippen molar-refractivity contribution in [3.8, 4) is 0 Å². The third-order valence-electron chi connectivity index (χ3n) is 5.15. The van der Waals surface area contributed by atoms with E-state index >= 15 is 0 Å². The van der Waals surface area contributed by atoms with Crippen LogP contribution in [0.15, 0.2) is 59.5 Å². The van der Waals surface area contributed by atoms with E-state index in [9.17, 15) is 18.5 Å². The summed E-state index contributed by atoms with van der Waals surface area (Å²) in [4.78, 5) is 12.5. The minimum Gasteiger partial charge on any atom is -0.299 e. The van der Waals surface area contributed by atoms with E-state index in [0.717, 1.165) is 38.9 Å². The van der Waals surface area contributed by atoms with Crippen LogP contribution in [0.2, 0.25) is 0 Å². The summed E-state index contributed by atoms with van der Waals surface area (Å²) in [5, 5.41) is 11.1. The first-order valence-electron chi connectivity index (χ1n) is 9.45. The molecule has 1 heterocycles. The average molecular weight is 404 g/mol. The Morgan fingerprint density at radius 1 is 1.04 bits per heavy atom. The van der Waals surface area contributed by atoms with Crippen LogP contribution < -0.4 is 4.72 Å². The van der Waals surface area contributed by atoms with Crippen LogP contribution in [0.5, 0.6) is 0 Å². The Bertz CT molecular complexity index is 895. The quantitative estimate of drug-likeness (QED) is 0.540. The molecule has 3 rings (SSSR count). The molecule has 0 bridgehead atoms. The van der Waals surface area contributed by atoms with E-state index in [2.05, 4.69) is 21.8 Å². The number of nitro benzene ring substituents is 1. The fourth-order valence-corrected chi connectivity index (χ4v) is 4.80. The van der Waals surface area contributed by atoms with E-state index < -0.39 is 20.6 Å². The van der Waals surface area contributed by atoms with Gasteiger partial charge in [0.15, 0.2) is 4.90 Å². The molecule has 7 nitrogen and oxygen atoms in total. The van der Waals surface area contributed by atoms with Gasteiger partial charge in [-0.1, -0.05) is 42.5 Å². The molecular weight excluding hydrogens is 378 g/mol. The van der Waals surface area contributed by atoms with Crippen molar-refractivity contribution in [2.45, 2.75) is 30.7 Å². The summed E-state index contributed by atoms with van der Waals surface area (Å²) >= 11 is 0. The van der Waals surface area contributed by atoms with E-state index in [4.69, 9.17) is 0 Å². The third-order valence-corrected chi connectivity index (χ3v) is 6.66. The molecule has 1 aliphatic rings. The van der Waals surface area contributed by atoms with Gasteiger partial charge in [-0.25, -0.2) is 13.1 Å². The number of sulfonamides is 1. The standard InChI is InChI=1S/C20H25N3O4S/c24-23(25)19-8-4-5-9-20(19)28(26,27)21-13-10-17-11-14-22(15-12-17)16-18-6-2-1-3-7-18/h1-9,17,21H,10-16H2. The monoisotopic (exact) mass is 403 g/mol. The summed E-state index contributed by atoms with van der Waals surface area (Å²) in [7, 11) is -3.89. The van der Waals surface area contributed by atoms with Gasteiger partial charge >= 0.3 is 0 Å². The van der Waals surface area contributed by atoms with Crippen LogP contribution in [0.25, 0.3) is 0 Å². The zero-order valence-corrected chi connectivity index (χ0v) is 16.5. The lowest BCUT2D eigenvalue weighted by molar-refractivity contribution is -0.387. The normalized spacial score (nSPS) is 16.1. The smallest absolute Gasteiger partial charge is 0.289 e. The molecule has 28 heavy (non-hydrogen) atoms. The maximum atomic E-state index is 12.4. The van der Waals surface area contributed by atoms with E-state index in [1.807, 2.05) is 18.2 Å². The van der Waals surface area contributed by atoms with Gasteiger partial charge in [-0.3, -0.25) is 15.0 Å². The van der Waals surface area contributed by atoms with Crippen molar-refractivity contribution in [1.29, 1.82) is 0 Å². The number of para-hydroxylation sites is 1. The number of nitrogens with one attached hydrogen (secondary N) is 1. The first-order valence-corrected chi connectivity index (χ1v) is 10.9. The molecule has 0 amide bonds. The Labute approximate surface area is 165 Å². The Kier molecular flexibility index (Phi) is 6.77. The highest BCUT2D eigenvalue weighted by molar-refractivity contribution is 7.89. The SMILES string of the molecule is O=[N+]([O-])c1ccccc1S(=O)(=O)NCCC1CCN(Cc2ccccc2)CC1. The van der Waals surface area contributed by atoms with Gasteiger partial charge in [0, 0.05) is 19.2 Å². The predicted molar refractivity (Wildman–Crippen MR) is 107 cm³/mol. The molecule has 1 N–H and O–H groups in total. The third kappa shape index (κ3) is 5.37. The van der Waals surface area contributed by atoms with Crippen molar-refractivity contribution in [2.24, 2.45) is 5.92 Å². The molecule has 0 aliphatic carbocycles. The molecule has 150 valence electrons. The lowest BCUT2D eigenvalue weighted by atomic mass is 9.93. The Hall–Kier alpha value is -2.29. The van der Waals surface area contributed by atoms with E-state index in [-0.39, 0.29) is 11.4 Å². The summed E-state index contributed by atoms with van der Waals surface area (Å²) in [6.45, 7) is 3.22. The highest BCUT2D eigenvalue weighted by Gasteiger charge is 2.25. The number of benzene rings is 2. The van der Waals surface area contributed by atoms with Gasteiger partial charge in [-0.15, -0.1) is 0 Å². The van der Waals surface area contributed by atoms with Gasteiger partial charge in [0.2, 0.25) is 10.0 Å². The molecule has 0 unspecified atom stereocenters. The highest BCUT2D eigenvalue weighted by Crippen LogP contribution is 2.24. The van der Waals surface area contributed by atoms with Crippen LogP contribution in [0.3, 0.4) is 0 Å². The number of hydrogen-bond acceptors (Lipinski definition) is 5. The number of hydrogen-bond donors (Lipinski definition) is 1. The van der Waals surface area contributed by atoms with Crippen LogP contribution in [0.4, 0.5) is 5.69 Å². The first kappa shape index (κ1) is 20.4. The number of nitro groups is 1. The lowest BCUT2D eigenvalue weighted by Crippen LogP contribution is -2.35. The first-order chi connectivity index (χ1) is 13.5. The molecule has 0 aromatic heterocycles. The lowest BCUT2D eigenvalue weighted by Gasteiger charge is -2.32. The summed E-state index contributed by atoms with van der Waals surface area (Å²) in [6, 6.07) is 15.8. The zero-order valence-electron chi connectivity index (χ0n) is 15.7. The molecule has 0 atom stereocenters. The van der Waals surface area contributed by atoms with Gasteiger partial charge in [-0.05, 0) is 49.9 Å². The van der Waals surface area contributed by atoms with Crippen molar-refractivity contribution >= 4 is 15.7 Å². The Morgan fingerprint density at radius 3 is 2.36 bits per heavy atom. The van der Waals surface area contributed by atoms with Crippen molar-refractivity contribution < 1.29 is 13.3 Å². The maximum Gasteiger partial charge on any atom is 0.289 e. The molecule has 1 fully saturated rings. The van der Waals surface area contributed by atoms with Crippen molar-refractivity contribution in [1.82, 2.24) is 9.62 Å². The second-order valence-electron chi connectivity index (χ2n) is 7.12. The second kappa shape index (κ2) is 9.27. The van der Waals surface area contributed by atoms with Gasteiger partial charge in [0.1, 0.15) is 0 Å². The van der Waals surface area contributed by atoms with Gasteiger partial charge < -0.3 is 0 Å².